The fourth-order valence-electron chi connectivity index (χ4n) is 2.61. The molecule has 1 unspecified atom stereocenters. The quantitative estimate of drug-likeness (QED) is 0.892. The Morgan fingerprint density at radius 2 is 2.26 bits per heavy atom. The van der Waals surface area contributed by atoms with E-state index in [1.807, 2.05) is 28.6 Å². The Balaban J connectivity index is 0.00000132. The molecule has 1 atom stereocenters. The number of thiazole rings is 1. The van der Waals surface area contributed by atoms with E-state index in [0.717, 1.165) is 36.6 Å². The van der Waals surface area contributed by atoms with Crippen LogP contribution in [0.1, 0.15) is 23.0 Å². The van der Waals surface area contributed by atoms with Crippen LogP contribution in [-0.4, -0.2) is 40.4 Å². The minimum absolute atomic E-state index is 0. The molecule has 23 heavy (non-hydrogen) atoms. The Labute approximate surface area is 152 Å². The van der Waals surface area contributed by atoms with E-state index >= 15 is 0 Å². The van der Waals surface area contributed by atoms with Crippen molar-refractivity contribution in [2.24, 2.45) is 0 Å². The molecule has 0 spiro atoms. The van der Waals surface area contributed by atoms with E-state index < -0.39 is 0 Å². The molecule has 0 radical (unpaired) electrons. The third-order valence-corrected chi connectivity index (χ3v) is 4.51. The van der Waals surface area contributed by atoms with Gasteiger partial charge in [0, 0.05) is 56.4 Å². The molecule has 2 aromatic rings. The summed E-state index contributed by atoms with van der Waals surface area (Å²) in [6.07, 6.45) is 6.63. The summed E-state index contributed by atoms with van der Waals surface area (Å²) in [6.45, 7) is 2.38. The van der Waals surface area contributed by atoms with Crippen LogP contribution in [0.3, 0.4) is 0 Å². The van der Waals surface area contributed by atoms with Gasteiger partial charge >= 0.3 is 0 Å². The van der Waals surface area contributed by atoms with Crippen molar-refractivity contribution < 1.29 is 4.79 Å². The van der Waals surface area contributed by atoms with Crippen LogP contribution in [0.5, 0.6) is 0 Å². The molecule has 1 fully saturated rings. The second-order valence-corrected chi connectivity index (χ2v) is 6.00. The van der Waals surface area contributed by atoms with Gasteiger partial charge in [-0.05, 0) is 11.6 Å². The Kier molecular flexibility index (Phi) is 8.47. The number of nitrogens with zero attached hydrogens (tertiary/aromatic N) is 3. The molecule has 3 heterocycles. The standard InChI is InChI=1S/C15H18N4OS.2ClH/c20-15(4-3-14-18-7-9-21-14)19-8-6-17-11-13(19)12-2-1-5-16-10-12;;/h1-2,5,7,9-10,13,17H,3-4,6,8,11H2;2*1H. The first-order chi connectivity index (χ1) is 10.3. The number of carbonyl (C=O) groups excluding carboxylic acids is 1. The summed E-state index contributed by atoms with van der Waals surface area (Å²) < 4.78 is 0. The maximum Gasteiger partial charge on any atom is 0.223 e. The summed E-state index contributed by atoms with van der Waals surface area (Å²) in [6, 6.07) is 4.03. The lowest BCUT2D eigenvalue weighted by Crippen LogP contribution is -2.48. The van der Waals surface area contributed by atoms with Gasteiger partial charge in [-0.25, -0.2) is 4.98 Å². The summed E-state index contributed by atoms with van der Waals surface area (Å²) >= 11 is 1.60. The van der Waals surface area contributed by atoms with Crippen LogP contribution >= 0.6 is 36.2 Å². The van der Waals surface area contributed by atoms with E-state index in [1.165, 1.54) is 0 Å². The summed E-state index contributed by atoms with van der Waals surface area (Å²) in [4.78, 5) is 22.9. The topological polar surface area (TPSA) is 58.1 Å². The average Bonchev–Trinajstić information content (AvgIpc) is 3.07. The number of rotatable bonds is 4. The number of hydrogen-bond donors (Lipinski definition) is 1. The van der Waals surface area contributed by atoms with E-state index in [9.17, 15) is 4.79 Å². The molecule has 1 amide bonds. The molecule has 0 saturated carbocycles. The second-order valence-electron chi connectivity index (χ2n) is 5.02. The number of halogens is 2. The summed E-state index contributed by atoms with van der Waals surface area (Å²) in [5.41, 5.74) is 1.09. The van der Waals surface area contributed by atoms with E-state index in [4.69, 9.17) is 0 Å². The Bertz CT molecular complexity index is 582. The van der Waals surface area contributed by atoms with Gasteiger partial charge in [-0.2, -0.15) is 0 Å². The number of amides is 1. The highest BCUT2D eigenvalue weighted by molar-refractivity contribution is 7.09. The number of piperazine rings is 1. The van der Waals surface area contributed by atoms with Crippen molar-refractivity contribution in [2.45, 2.75) is 18.9 Å². The first kappa shape index (κ1) is 19.8. The monoisotopic (exact) mass is 374 g/mol. The lowest BCUT2D eigenvalue weighted by Gasteiger charge is -2.36. The number of hydrogen-bond acceptors (Lipinski definition) is 5. The number of carbonyl (C=O) groups is 1. The molecule has 1 aliphatic heterocycles. The van der Waals surface area contributed by atoms with Crippen molar-refractivity contribution >= 4 is 42.1 Å². The minimum atomic E-state index is 0. The highest BCUT2D eigenvalue weighted by Gasteiger charge is 2.27. The van der Waals surface area contributed by atoms with Crippen LogP contribution in [0.15, 0.2) is 36.1 Å². The van der Waals surface area contributed by atoms with Crippen LogP contribution in [0.2, 0.25) is 0 Å². The van der Waals surface area contributed by atoms with E-state index in [-0.39, 0.29) is 36.8 Å². The van der Waals surface area contributed by atoms with Gasteiger partial charge in [0.25, 0.3) is 0 Å². The van der Waals surface area contributed by atoms with Crippen molar-refractivity contribution in [1.82, 2.24) is 20.2 Å². The van der Waals surface area contributed by atoms with Gasteiger partial charge < -0.3 is 10.2 Å². The second kappa shape index (κ2) is 9.82. The van der Waals surface area contributed by atoms with Crippen LogP contribution in [0, 0.1) is 0 Å². The van der Waals surface area contributed by atoms with Gasteiger partial charge in [-0.1, -0.05) is 6.07 Å². The normalized spacial score (nSPS) is 17.0. The molecule has 0 aliphatic carbocycles. The Morgan fingerprint density at radius 1 is 1.39 bits per heavy atom. The zero-order chi connectivity index (χ0) is 14.5. The van der Waals surface area contributed by atoms with Gasteiger partial charge in [0.1, 0.15) is 0 Å². The van der Waals surface area contributed by atoms with Crippen molar-refractivity contribution in [2.75, 3.05) is 19.6 Å². The molecule has 0 bridgehead atoms. The molecule has 1 N–H and O–H groups in total. The van der Waals surface area contributed by atoms with Crippen LogP contribution in [0.25, 0.3) is 0 Å². The molecule has 1 saturated heterocycles. The Hall–Kier alpha value is -1.21. The summed E-state index contributed by atoms with van der Waals surface area (Å²) in [5, 5.41) is 6.33. The molecule has 3 rings (SSSR count). The smallest absolute Gasteiger partial charge is 0.223 e. The number of aryl methyl sites for hydroxylation is 1. The van der Waals surface area contributed by atoms with E-state index in [0.29, 0.717) is 6.42 Å². The molecule has 5 nitrogen and oxygen atoms in total. The van der Waals surface area contributed by atoms with Gasteiger partial charge in [-0.3, -0.25) is 9.78 Å². The molecule has 2 aromatic heterocycles. The summed E-state index contributed by atoms with van der Waals surface area (Å²) in [5.74, 6) is 0.195. The summed E-state index contributed by atoms with van der Waals surface area (Å²) in [7, 11) is 0. The van der Waals surface area contributed by atoms with Crippen molar-refractivity contribution in [3.8, 4) is 0 Å². The van der Waals surface area contributed by atoms with E-state index in [2.05, 4.69) is 15.3 Å². The first-order valence-corrected chi connectivity index (χ1v) is 8.01. The largest absolute Gasteiger partial charge is 0.333 e. The van der Waals surface area contributed by atoms with Crippen LogP contribution < -0.4 is 5.32 Å². The van der Waals surface area contributed by atoms with Gasteiger partial charge in [0.15, 0.2) is 0 Å². The number of aromatic nitrogens is 2. The minimum Gasteiger partial charge on any atom is -0.333 e. The number of nitrogens with one attached hydrogen (secondary N) is 1. The zero-order valence-corrected chi connectivity index (χ0v) is 15.0. The third kappa shape index (κ3) is 5.14. The molecular weight excluding hydrogens is 355 g/mol. The maximum atomic E-state index is 12.5. The van der Waals surface area contributed by atoms with Crippen molar-refractivity contribution in [3.63, 3.8) is 0 Å². The first-order valence-electron chi connectivity index (χ1n) is 7.13. The van der Waals surface area contributed by atoms with Crippen LogP contribution in [0.4, 0.5) is 0 Å². The highest BCUT2D eigenvalue weighted by atomic mass is 35.5. The van der Waals surface area contributed by atoms with Gasteiger partial charge in [-0.15, -0.1) is 36.2 Å². The van der Waals surface area contributed by atoms with Crippen LogP contribution in [-0.2, 0) is 11.2 Å². The van der Waals surface area contributed by atoms with Gasteiger partial charge in [0.05, 0.1) is 11.0 Å². The maximum absolute atomic E-state index is 12.5. The average molecular weight is 375 g/mol. The lowest BCUT2D eigenvalue weighted by atomic mass is 10.0. The predicted molar refractivity (Wildman–Crippen MR) is 96.5 cm³/mol. The van der Waals surface area contributed by atoms with Crippen molar-refractivity contribution in [1.29, 1.82) is 0 Å². The lowest BCUT2D eigenvalue weighted by molar-refractivity contribution is -0.134. The molecule has 0 aromatic carbocycles. The zero-order valence-electron chi connectivity index (χ0n) is 12.6. The molecule has 8 heteroatoms. The molecule has 1 aliphatic rings. The fourth-order valence-corrected chi connectivity index (χ4v) is 3.23. The highest BCUT2D eigenvalue weighted by Crippen LogP contribution is 2.22. The third-order valence-electron chi connectivity index (χ3n) is 3.67. The van der Waals surface area contributed by atoms with E-state index in [1.54, 1.807) is 23.7 Å². The number of pyridine rings is 1. The molecule has 126 valence electrons. The fraction of sp³-hybridized carbons (Fsp3) is 0.400. The SMILES string of the molecule is Cl.Cl.O=C(CCc1nccs1)N1CCNCC1c1cccnc1. The predicted octanol–water partition coefficient (Wildman–Crippen LogP) is 2.49. The van der Waals surface area contributed by atoms with Gasteiger partial charge in [0.2, 0.25) is 5.91 Å². The Morgan fingerprint density at radius 3 is 2.96 bits per heavy atom. The molecular formula is C15H20Cl2N4OS. The van der Waals surface area contributed by atoms with Crippen molar-refractivity contribution in [3.05, 3.63) is 46.7 Å².